The highest BCUT2D eigenvalue weighted by atomic mass is 19.3. The zero-order chi connectivity index (χ0) is 23.4. The lowest BCUT2D eigenvalue weighted by Crippen LogP contribution is -2.46. The van der Waals surface area contributed by atoms with Gasteiger partial charge in [-0.3, -0.25) is 13.2 Å². The second-order valence-electron chi connectivity index (χ2n) is 7.20. The van der Waals surface area contributed by atoms with Crippen LogP contribution < -0.4 is 10.5 Å². The molecule has 0 fully saturated rings. The molecule has 0 aromatic heterocycles. The summed E-state index contributed by atoms with van der Waals surface area (Å²) in [4.78, 5) is 0. The Hall–Kier alpha value is -2.43. The maximum absolute atomic E-state index is 14.1. The van der Waals surface area contributed by atoms with Gasteiger partial charge in [0.05, 0.1) is 11.0 Å². The highest BCUT2D eigenvalue weighted by Gasteiger charge is 2.45. The molecule has 0 bridgehead atoms. The van der Waals surface area contributed by atoms with E-state index in [1.165, 1.54) is 0 Å². The van der Waals surface area contributed by atoms with Crippen LogP contribution in [0.4, 0.5) is 39.5 Å². The topological polar surface area (TPSA) is 35.2 Å². The summed E-state index contributed by atoms with van der Waals surface area (Å²) in [5.74, 6) is -3.02. The Kier molecular flexibility index (Phi) is 7.51. The minimum absolute atomic E-state index is 0.0641. The number of benzene rings is 2. The maximum Gasteiger partial charge on any atom is 0.461 e. The molecule has 11 heteroatoms. The zero-order valence-corrected chi connectivity index (χ0v) is 15.8. The fraction of sp³-hybridized carbons (Fsp3) is 0.400. The molecule has 1 atom stereocenters. The number of nitrogens with two attached hydrogens (primary N) is 1. The van der Waals surface area contributed by atoms with Crippen LogP contribution >= 0.6 is 0 Å². The largest absolute Gasteiger partial charge is 0.461 e. The van der Waals surface area contributed by atoms with Crippen molar-refractivity contribution in [1.29, 1.82) is 0 Å². The fourth-order valence-corrected chi connectivity index (χ4v) is 3.04. The van der Waals surface area contributed by atoms with Crippen LogP contribution in [0.15, 0.2) is 42.5 Å². The van der Waals surface area contributed by atoms with E-state index in [1.807, 2.05) is 0 Å². The number of ether oxygens (including phenoxy) is 1. The van der Waals surface area contributed by atoms with Crippen molar-refractivity contribution < 1.29 is 44.3 Å². The van der Waals surface area contributed by atoms with Gasteiger partial charge in [-0.25, -0.2) is 8.78 Å². The first-order valence-electron chi connectivity index (χ1n) is 8.80. The predicted octanol–water partition coefficient (Wildman–Crippen LogP) is 5.69. The summed E-state index contributed by atoms with van der Waals surface area (Å²) in [5.41, 5.74) is 1.39. The molecular formula is C20H18F9NO. The Morgan fingerprint density at radius 1 is 0.806 bits per heavy atom. The van der Waals surface area contributed by atoms with Crippen LogP contribution in [0.5, 0.6) is 5.75 Å². The second-order valence-corrected chi connectivity index (χ2v) is 7.20. The molecule has 0 aliphatic carbocycles. The maximum atomic E-state index is 14.1. The molecule has 0 spiro atoms. The Morgan fingerprint density at radius 3 is 1.84 bits per heavy atom. The van der Waals surface area contributed by atoms with Gasteiger partial charge in [-0.1, -0.05) is 12.1 Å². The number of hydrogen-bond acceptors (Lipinski definition) is 2. The lowest BCUT2D eigenvalue weighted by atomic mass is 9.71. The molecule has 2 aromatic carbocycles. The Labute approximate surface area is 171 Å². The standard InChI is InChI=1S/C20H18F9NO/c21-9-18(10-22,11-23)8-19(30,12-1-3-14(24)4-2-12)13-5-15(25)7-16(6-13)31-20(28,29)17(26)27/h1-7,17H,8-11,30H2. The summed E-state index contributed by atoms with van der Waals surface area (Å²) in [7, 11) is 0. The molecule has 2 N–H and O–H groups in total. The molecule has 1 unspecified atom stereocenters. The molecule has 0 saturated carbocycles. The van der Waals surface area contributed by atoms with E-state index in [0.717, 1.165) is 24.3 Å². The lowest BCUT2D eigenvalue weighted by molar-refractivity contribution is -0.253. The number of rotatable bonds is 10. The molecule has 0 radical (unpaired) electrons. The van der Waals surface area contributed by atoms with E-state index in [0.29, 0.717) is 18.2 Å². The van der Waals surface area contributed by atoms with Crippen molar-refractivity contribution in [3.8, 4) is 5.75 Å². The number of hydrogen-bond donors (Lipinski definition) is 1. The number of alkyl halides is 7. The van der Waals surface area contributed by atoms with Gasteiger partial charge < -0.3 is 10.5 Å². The van der Waals surface area contributed by atoms with Gasteiger partial charge in [0.1, 0.15) is 37.4 Å². The van der Waals surface area contributed by atoms with Crippen LogP contribution in [0.2, 0.25) is 0 Å². The molecule has 0 amide bonds. The van der Waals surface area contributed by atoms with E-state index in [-0.39, 0.29) is 5.56 Å². The summed E-state index contributed by atoms with van der Waals surface area (Å²) in [5, 5.41) is 0. The Bertz CT molecular complexity index is 863. The van der Waals surface area contributed by atoms with Crippen molar-refractivity contribution in [1.82, 2.24) is 0 Å². The van der Waals surface area contributed by atoms with Crippen molar-refractivity contribution >= 4 is 0 Å². The van der Waals surface area contributed by atoms with Gasteiger partial charge in [0.2, 0.25) is 0 Å². The average molecular weight is 459 g/mol. The first-order chi connectivity index (χ1) is 14.4. The summed E-state index contributed by atoms with van der Waals surface area (Å²) in [6, 6.07) is 5.72. The summed E-state index contributed by atoms with van der Waals surface area (Å²) in [6.45, 7) is -4.53. The van der Waals surface area contributed by atoms with Gasteiger partial charge in [-0.15, -0.1) is 0 Å². The molecule has 2 aromatic rings. The minimum Gasteiger partial charge on any atom is -0.428 e. The molecule has 2 nitrogen and oxygen atoms in total. The van der Waals surface area contributed by atoms with Crippen LogP contribution in [0.25, 0.3) is 0 Å². The second kappa shape index (κ2) is 9.37. The van der Waals surface area contributed by atoms with E-state index in [2.05, 4.69) is 4.74 Å². The predicted molar refractivity (Wildman–Crippen MR) is 94.3 cm³/mol. The van der Waals surface area contributed by atoms with Crippen molar-refractivity contribution in [2.24, 2.45) is 11.1 Å². The minimum atomic E-state index is -4.97. The van der Waals surface area contributed by atoms with Crippen molar-refractivity contribution in [3.63, 3.8) is 0 Å². The van der Waals surface area contributed by atoms with Gasteiger partial charge in [0, 0.05) is 6.07 Å². The number of halogens is 9. The first-order valence-corrected chi connectivity index (χ1v) is 8.80. The molecule has 0 aliphatic heterocycles. The molecule has 172 valence electrons. The molecule has 0 aliphatic rings. The van der Waals surface area contributed by atoms with Crippen LogP contribution in [0.3, 0.4) is 0 Å². The van der Waals surface area contributed by atoms with E-state index >= 15 is 0 Å². The van der Waals surface area contributed by atoms with Gasteiger partial charge in [-0.2, -0.15) is 17.6 Å². The average Bonchev–Trinajstić information content (AvgIpc) is 2.71. The van der Waals surface area contributed by atoms with Gasteiger partial charge >= 0.3 is 12.5 Å². The van der Waals surface area contributed by atoms with Crippen LogP contribution in [0.1, 0.15) is 17.5 Å². The summed E-state index contributed by atoms with van der Waals surface area (Å²) in [6.07, 6.45) is -10.0. The van der Waals surface area contributed by atoms with Gasteiger partial charge in [0.25, 0.3) is 0 Å². The van der Waals surface area contributed by atoms with Gasteiger partial charge in [-0.05, 0) is 41.8 Å². The van der Waals surface area contributed by atoms with E-state index in [4.69, 9.17) is 5.73 Å². The van der Waals surface area contributed by atoms with Crippen LogP contribution in [0, 0.1) is 17.0 Å². The van der Waals surface area contributed by atoms with E-state index < -0.39 is 72.9 Å². The quantitative estimate of drug-likeness (QED) is 0.464. The zero-order valence-electron chi connectivity index (χ0n) is 15.8. The van der Waals surface area contributed by atoms with E-state index in [1.54, 1.807) is 0 Å². The summed E-state index contributed by atoms with van der Waals surface area (Å²) >= 11 is 0. The SMILES string of the molecule is NC(CC(CF)(CF)CF)(c1ccc(F)cc1)c1cc(F)cc(OC(F)(F)C(F)F)c1. The molecule has 0 heterocycles. The normalized spacial score (nSPS) is 14.5. The third kappa shape index (κ3) is 5.44. The van der Waals surface area contributed by atoms with Crippen LogP contribution in [-0.4, -0.2) is 32.6 Å². The fourth-order valence-electron chi connectivity index (χ4n) is 3.04. The first kappa shape index (κ1) is 24.8. The van der Waals surface area contributed by atoms with E-state index in [9.17, 15) is 39.5 Å². The smallest absolute Gasteiger partial charge is 0.428 e. The lowest BCUT2D eigenvalue weighted by Gasteiger charge is -2.38. The Morgan fingerprint density at radius 2 is 1.35 bits per heavy atom. The third-order valence-corrected chi connectivity index (χ3v) is 4.76. The van der Waals surface area contributed by atoms with Gasteiger partial charge in [0.15, 0.2) is 0 Å². The third-order valence-electron chi connectivity index (χ3n) is 4.76. The molecular weight excluding hydrogens is 441 g/mol. The van der Waals surface area contributed by atoms with Crippen molar-refractivity contribution in [2.75, 3.05) is 20.0 Å². The highest BCUT2D eigenvalue weighted by molar-refractivity contribution is 5.42. The molecule has 0 saturated heterocycles. The molecule has 2 rings (SSSR count). The highest BCUT2D eigenvalue weighted by Crippen LogP contribution is 2.41. The monoisotopic (exact) mass is 459 g/mol. The van der Waals surface area contributed by atoms with Crippen molar-refractivity contribution in [3.05, 3.63) is 65.2 Å². The Balaban J connectivity index is 2.65. The molecule has 31 heavy (non-hydrogen) atoms. The van der Waals surface area contributed by atoms with Crippen LogP contribution in [-0.2, 0) is 5.54 Å². The summed E-state index contributed by atoms with van der Waals surface area (Å²) < 4.78 is 123. The van der Waals surface area contributed by atoms with Crippen molar-refractivity contribution in [2.45, 2.75) is 24.5 Å².